The van der Waals surface area contributed by atoms with Gasteiger partial charge in [0.05, 0.1) is 12.1 Å². The summed E-state index contributed by atoms with van der Waals surface area (Å²) in [6, 6.07) is 15.6. The van der Waals surface area contributed by atoms with E-state index >= 15 is 0 Å². The number of rotatable bonds is 7. The van der Waals surface area contributed by atoms with Crippen molar-refractivity contribution in [2.75, 3.05) is 13.2 Å². The lowest BCUT2D eigenvalue weighted by atomic mass is 9.88. The molecule has 0 bridgehead atoms. The maximum atomic E-state index is 13.8. The van der Waals surface area contributed by atoms with Crippen molar-refractivity contribution in [3.63, 3.8) is 0 Å². The van der Waals surface area contributed by atoms with Gasteiger partial charge >= 0.3 is 18.3 Å². The number of carboxylic acids is 1. The number of halogens is 4. The second kappa shape index (κ2) is 11.1. The van der Waals surface area contributed by atoms with Crippen molar-refractivity contribution in [2.45, 2.75) is 25.7 Å². The number of fused-ring (bicyclic) bond motifs is 1. The molecule has 0 aromatic heterocycles. The molecule has 3 aromatic rings. The van der Waals surface area contributed by atoms with Crippen LogP contribution in [-0.4, -0.2) is 35.4 Å². The number of carbonyl (C=O) groups excluding carboxylic acids is 1. The molecule has 0 atom stereocenters. The van der Waals surface area contributed by atoms with Crippen molar-refractivity contribution in [3.05, 3.63) is 87.9 Å². The number of benzene rings is 3. The van der Waals surface area contributed by atoms with Gasteiger partial charge in [0.2, 0.25) is 0 Å². The number of hydrogen-bond donors (Lipinski definition) is 1. The molecule has 194 valence electrons. The van der Waals surface area contributed by atoms with Crippen LogP contribution < -0.4 is 4.74 Å². The summed E-state index contributed by atoms with van der Waals surface area (Å²) in [6.07, 6.45) is -5.62. The van der Waals surface area contributed by atoms with E-state index in [1.54, 1.807) is 24.3 Å². The summed E-state index contributed by atoms with van der Waals surface area (Å²) >= 11 is 6.37. The summed E-state index contributed by atoms with van der Waals surface area (Å²) in [5.41, 5.74) is 1.03. The second-order valence-electron chi connectivity index (χ2n) is 8.17. The highest BCUT2D eigenvalue weighted by Gasteiger charge is 2.37. The Morgan fingerprint density at radius 3 is 2.46 bits per heavy atom. The van der Waals surface area contributed by atoms with Crippen molar-refractivity contribution in [1.82, 2.24) is 5.06 Å². The van der Waals surface area contributed by atoms with E-state index in [9.17, 15) is 22.8 Å². The van der Waals surface area contributed by atoms with Crippen molar-refractivity contribution in [3.8, 4) is 16.9 Å². The molecule has 37 heavy (non-hydrogen) atoms. The van der Waals surface area contributed by atoms with Crippen LogP contribution >= 0.6 is 11.6 Å². The van der Waals surface area contributed by atoms with Crippen molar-refractivity contribution in [1.29, 1.82) is 0 Å². The zero-order valence-corrected chi connectivity index (χ0v) is 20.0. The van der Waals surface area contributed by atoms with Gasteiger partial charge in [0.1, 0.15) is 12.4 Å². The number of hydrogen-bond acceptors (Lipinski definition) is 6. The van der Waals surface area contributed by atoms with E-state index in [0.29, 0.717) is 11.1 Å². The Balaban J connectivity index is 1.61. The summed E-state index contributed by atoms with van der Waals surface area (Å²) in [6.45, 7) is -0.744. The molecule has 1 N–H and O–H groups in total. The van der Waals surface area contributed by atoms with Gasteiger partial charge < -0.3 is 19.4 Å². The molecule has 0 aliphatic carbocycles. The molecule has 0 saturated heterocycles. The molecule has 1 aliphatic heterocycles. The molecular formula is C26H21ClF3NO6. The minimum absolute atomic E-state index is 0.0215. The quantitative estimate of drug-likeness (QED) is 0.365. The first-order valence-electron chi connectivity index (χ1n) is 11.1. The Labute approximate surface area is 214 Å². The number of hydroxylamine groups is 2. The monoisotopic (exact) mass is 535 g/mol. The van der Waals surface area contributed by atoms with Crippen LogP contribution in [0.5, 0.6) is 5.75 Å². The molecule has 7 nitrogen and oxygen atoms in total. The van der Waals surface area contributed by atoms with Gasteiger partial charge in [-0.25, -0.2) is 9.59 Å². The van der Waals surface area contributed by atoms with Crippen molar-refractivity contribution in [2.24, 2.45) is 0 Å². The second-order valence-corrected chi connectivity index (χ2v) is 8.58. The largest absolute Gasteiger partial charge is 0.528 e. The highest BCUT2D eigenvalue weighted by Crippen LogP contribution is 2.42. The van der Waals surface area contributed by atoms with Gasteiger partial charge in [-0.3, -0.25) is 0 Å². The number of carbonyl (C=O) groups is 2. The third-order valence-corrected chi connectivity index (χ3v) is 6.01. The Hall–Kier alpha value is -3.76. The smallest absolute Gasteiger partial charge is 0.482 e. The minimum atomic E-state index is -4.59. The molecule has 3 aromatic carbocycles. The van der Waals surface area contributed by atoms with E-state index in [1.165, 1.54) is 29.3 Å². The van der Waals surface area contributed by atoms with E-state index in [1.807, 2.05) is 6.07 Å². The Morgan fingerprint density at radius 1 is 1.00 bits per heavy atom. The van der Waals surface area contributed by atoms with E-state index in [0.717, 1.165) is 11.6 Å². The molecule has 4 rings (SSSR count). The van der Waals surface area contributed by atoms with E-state index < -0.39 is 30.5 Å². The molecule has 0 unspecified atom stereocenters. The average molecular weight is 536 g/mol. The lowest BCUT2D eigenvalue weighted by Gasteiger charge is -2.30. The average Bonchev–Trinajstić information content (AvgIpc) is 2.86. The molecule has 0 radical (unpaired) electrons. The standard InChI is InChI=1S/C26H21ClF3NO6/c27-23-9-6-17(35-15-24(32)33)12-20(23)18-7-8-22(26(28,29)30)19-10-11-31(13-21(18)19)37-25(34)36-14-16-4-2-1-3-5-16/h1-9,12H,10-11,13-15H2,(H,32,33). The fourth-order valence-electron chi connectivity index (χ4n) is 4.04. The summed E-state index contributed by atoms with van der Waals surface area (Å²) < 4.78 is 51.7. The van der Waals surface area contributed by atoms with Crippen LogP contribution in [0.1, 0.15) is 22.3 Å². The molecular weight excluding hydrogens is 515 g/mol. The van der Waals surface area contributed by atoms with Crippen LogP contribution in [0.25, 0.3) is 11.1 Å². The van der Waals surface area contributed by atoms with Gasteiger partial charge in [0.25, 0.3) is 0 Å². The number of nitrogens with zero attached hydrogens (tertiary/aromatic N) is 1. The number of ether oxygens (including phenoxy) is 2. The predicted molar refractivity (Wildman–Crippen MR) is 127 cm³/mol. The van der Waals surface area contributed by atoms with Crippen LogP contribution in [0.3, 0.4) is 0 Å². The minimum Gasteiger partial charge on any atom is -0.482 e. The van der Waals surface area contributed by atoms with Crippen molar-refractivity contribution >= 4 is 23.7 Å². The van der Waals surface area contributed by atoms with Gasteiger partial charge in [-0.1, -0.05) is 48.0 Å². The zero-order valence-electron chi connectivity index (χ0n) is 19.3. The highest BCUT2D eigenvalue weighted by atomic mass is 35.5. The zero-order chi connectivity index (χ0) is 26.6. The number of aliphatic carboxylic acids is 1. The first kappa shape index (κ1) is 26.3. The third kappa shape index (κ3) is 6.52. The van der Waals surface area contributed by atoms with Gasteiger partial charge in [0, 0.05) is 17.1 Å². The third-order valence-electron chi connectivity index (χ3n) is 5.68. The fourth-order valence-corrected chi connectivity index (χ4v) is 4.26. The fraction of sp³-hybridized carbons (Fsp3) is 0.231. The molecule has 11 heteroatoms. The Morgan fingerprint density at radius 2 is 1.76 bits per heavy atom. The lowest BCUT2D eigenvalue weighted by molar-refractivity contribution is -0.145. The normalized spacial score (nSPS) is 13.5. The Bertz CT molecular complexity index is 1300. The predicted octanol–water partition coefficient (Wildman–Crippen LogP) is 6.12. The Kier molecular flexibility index (Phi) is 7.89. The molecule has 0 amide bonds. The summed E-state index contributed by atoms with van der Waals surface area (Å²) in [5.74, 6) is -1.00. The number of carboxylic acid groups (broad SMARTS) is 1. The number of alkyl halides is 3. The summed E-state index contributed by atoms with van der Waals surface area (Å²) in [5, 5.41) is 10.3. The highest BCUT2D eigenvalue weighted by molar-refractivity contribution is 6.33. The van der Waals surface area contributed by atoms with Gasteiger partial charge in [0.15, 0.2) is 6.61 Å². The first-order chi connectivity index (χ1) is 17.6. The molecule has 0 spiro atoms. The van der Waals surface area contributed by atoms with E-state index in [2.05, 4.69) is 0 Å². The van der Waals surface area contributed by atoms with Gasteiger partial charge in [-0.2, -0.15) is 13.2 Å². The molecule has 0 fully saturated rings. The summed E-state index contributed by atoms with van der Waals surface area (Å²) in [4.78, 5) is 28.4. The maximum Gasteiger partial charge on any atom is 0.528 e. The first-order valence-corrected chi connectivity index (χ1v) is 11.5. The van der Waals surface area contributed by atoms with Gasteiger partial charge in [-0.15, -0.1) is 5.06 Å². The SMILES string of the molecule is O=C(O)COc1ccc(Cl)c(-c2ccc(C(F)(F)F)c3c2CN(OC(=O)OCc2ccccc2)CC3)c1. The van der Waals surface area contributed by atoms with Gasteiger partial charge in [-0.05, 0) is 52.9 Å². The maximum absolute atomic E-state index is 13.8. The van der Waals surface area contributed by atoms with Crippen LogP contribution in [0.2, 0.25) is 5.02 Å². The van der Waals surface area contributed by atoms with Crippen LogP contribution in [0.4, 0.5) is 18.0 Å². The lowest BCUT2D eigenvalue weighted by Crippen LogP contribution is -2.34. The van der Waals surface area contributed by atoms with E-state index in [4.69, 9.17) is 31.0 Å². The molecule has 1 aliphatic rings. The van der Waals surface area contributed by atoms with E-state index in [-0.39, 0.29) is 48.0 Å². The topological polar surface area (TPSA) is 85.3 Å². The van der Waals surface area contributed by atoms with Crippen LogP contribution in [-0.2, 0) is 40.1 Å². The molecule has 1 heterocycles. The van der Waals surface area contributed by atoms with Crippen LogP contribution in [0, 0.1) is 0 Å². The summed E-state index contributed by atoms with van der Waals surface area (Å²) in [7, 11) is 0. The van der Waals surface area contributed by atoms with Crippen molar-refractivity contribution < 1.29 is 42.2 Å². The molecule has 0 saturated carbocycles. The van der Waals surface area contributed by atoms with Crippen LogP contribution in [0.15, 0.2) is 60.7 Å².